The number of tetrazole rings is 1. The Morgan fingerprint density at radius 2 is 1.93 bits per heavy atom. The van der Waals surface area contributed by atoms with Crippen LogP contribution in [0.15, 0.2) is 48.5 Å². The summed E-state index contributed by atoms with van der Waals surface area (Å²) >= 11 is 0. The summed E-state index contributed by atoms with van der Waals surface area (Å²) in [5.74, 6) is 0.300. The van der Waals surface area contributed by atoms with Crippen LogP contribution in [0.3, 0.4) is 0 Å². The first-order valence-electron chi connectivity index (χ1n) is 9.25. The number of hydrogen-bond donors (Lipinski definition) is 1. The first-order chi connectivity index (χ1) is 13.7. The number of rotatable bonds is 5. The highest BCUT2D eigenvalue weighted by atomic mass is 16.5. The smallest absolute Gasteiger partial charge is 0.248 e. The van der Waals surface area contributed by atoms with Crippen molar-refractivity contribution in [2.75, 3.05) is 36.5 Å². The summed E-state index contributed by atoms with van der Waals surface area (Å²) in [6.07, 6.45) is 0. The van der Waals surface area contributed by atoms with Crippen LogP contribution in [-0.2, 0) is 16.1 Å². The second kappa shape index (κ2) is 8.18. The molecule has 144 valence electrons. The molecule has 1 aromatic heterocycles. The number of carbonyl (C=O) groups excluding carboxylic acids is 1. The fraction of sp³-hybridized carbons (Fsp3) is 0.300. The Morgan fingerprint density at radius 1 is 1.14 bits per heavy atom. The Labute approximate surface area is 163 Å². The van der Waals surface area contributed by atoms with Crippen molar-refractivity contribution in [1.82, 2.24) is 20.2 Å². The van der Waals surface area contributed by atoms with Crippen molar-refractivity contribution in [3.8, 4) is 11.4 Å². The van der Waals surface area contributed by atoms with Gasteiger partial charge in [-0.25, -0.2) is 0 Å². The number of anilines is 2. The molecule has 1 fully saturated rings. The Kier molecular flexibility index (Phi) is 5.29. The van der Waals surface area contributed by atoms with Crippen LogP contribution >= 0.6 is 0 Å². The maximum atomic E-state index is 12.2. The zero-order chi connectivity index (χ0) is 19.3. The minimum atomic E-state index is -0.197. The summed E-state index contributed by atoms with van der Waals surface area (Å²) in [4.78, 5) is 15.8. The molecule has 2 heterocycles. The van der Waals surface area contributed by atoms with Gasteiger partial charge in [-0.3, -0.25) is 4.79 Å². The summed E-state index contributed by atoms with van der Waals surface area (Å²) in [7, 11) is 0. The Hall–Kier alpha value is -3.26. The molecule has 8 nitrogen and oxygen atoms in total. The van der Waals surface area contributed by atoms with Gasteiger partial charge in [0.2, 0.25) is 11.7 Å². The topological polar surface area (TPSA) is 85.2 Å². The number of hydrogen-bond acceptors (Lipinski definition) is 6. The van der Waals surface area contributed by atoms with E-state index in [1.54, 1.807) is 0 Å². The SMILES string of the molecule is Cc1cccc(NC(=O)Cn2nnc(-c3ccc(N4CCOCC4)cc3)n2)c1. The average molecular weight is 378 g/mol. The van der Waals surface area contributed by atoms with Crippen molar-refractivity contribution in [2.24, 2.45) is 0 Å². The van der Waals surface area contributed by atoms with Crippen molar-refractivity contribution >= 4 is 17.3 Å². The third kappa shape index (κ3) is 4.34. The molecular weight excluding hydrogens is 356 g/mol. The molecule has 0 bridgehead atoms. The molecule has 1 N–H and O–H groups in total. The monoisotopic (exact) mass is 378 g/mol. The number of carbonyl (C=O) groups is 1. The molecule has 1 aliphatic rings. The number of amides is 1. The van der Waals surface area contributed by atoms with E-state index in [1.807, 2.05) is 55.5 Å². The number of benzene rings is 2. The second-order valence-electron chi connectivity index (χ2n) is 6.71. The van der Waals surface area contributed by atoms with E-state index in [-0.39, 0.29) is 12.5 Å². The van der Waals surface area contributed by atoms with E-state index in [1.165, 1.54) is 4.80 Å². The number of nitrogens with zero attached hydrogens (tertiary/aromatic N) is 5. The van der Waals surface area contributed by atoms with Gasteiger partial charge in [-0.2, -0.15) is 4.80 Å². The molecule has 0 atom stereocenters. The molecule has 0 spiro atoms. The number of aromatic nitrogens is 4. The van der Waals surface area contributed by atoms with Gasteiger partial charge in [-0.05, 0) is 54.1 Å². The number of aryl methyl sites for hydroxylation is 1. The maximum Gasteiger partial charge on any atom is 0.248 e. The van der Waals surface area contributed by atoms with E-state index in [4.69, 9.17) is 4.74 Å². The van der Waals surface area contributed by atoms with Crippen molar-refractivity contribution in [3.05, 3.63) is 54.1 Å². The van der Waals surface area contributed by atoms with Crippen LogP contribution in [0.25, 0.3) is 11.4 Å². The summed E-state index contributed by atoms with van der Waals surface area (Å²) in [5, 5.41) is 15.2. The maximum absolute atomic E-state index is 12.2. The van der Waals surface area contributed by atoms with E-state index in [9.17, 15) is 4.79 Å². The zero-order valence-electron chi connectivity index (χ0n) is 15.7. The molecule has 0 unspecified atom stereocenters. The molecular formula is C20H22N6O2. The van der Waals surface area contributed by atoms with Gasteiger partial charge in [0, 0.05) is 30.0 Å². The van der Waals surface area contributed by atoms with Gasteiger partial charge in [0.15, 0.2) is 0 Å². The van der Waals surface area contributed by atoms with Crippen LogP contribution in [-0.4, -0.2) is 52.4 Å². The lowest BCUT2D eigenvalue weighted by molar-refractivity contribution is -0.117. The molecule has 8 heteroatoms. The first kappa shape index (κ1) is 18.1. The molecule has 4 rings (SSSR count). The molecule has 28 heavy (non-hydrogen) atoms. The summed E-state index contributed by atoms with van der Waals surface area (Å²) in [6, 6.07) is 15.7. The van der Waals surface area contributed by atoms with E-state index in [2.05, 4.69) is 25.6 Å². The molecule has 3 aromatic rings. The normalized spacial score (nSPS) is 14.1. The van der Waals surface area contributed by atoms with Gasteiger partial charge in [-0.15, -0.1) is 10.2 Å². The third-order valence-electron chi connectivity index (χ3n) is 4.54. The highest BCUT2D eigenvalue weighted by Crippen LogP contribution is 2.21. The highest BCUT2D eigenvalue weighted by Gasteiger charge is 2.13. The summed E-state index contributed by atoms with van der Waals surface area (Å²) in [5.41, 5.74) is 3.85. The van der Waals surface area contributed by atoms with Crippen molar-refractivity contribution in [2.45, 2.75) is 13.5 Å². The predicted octanol–water partition coefficient (Wildman–Crippen LogP) is 2.12. The Bertz CT molecular complexity index is 947. The van der Waals surface area contributed by atoms with Crippen molar-refractivity contribution in [1.29, 1.82) is 0 Å². The fourth-order valence-electron chi connectivity index (χ4n) is 3.12. The number of morpholine rings is 1. The van der Waals surface area contributed by atoms with Crippen molar-refractivity contribution < 1.29 is 9.53 Å². The van der Waals surface area contributed by atoms with Gasteiger partial charge in [0.25, 0.3) is 0 Å². The van der Waals surface area contributed by atoms with Gasteiger partial charge >= 0.3 is 0 Å². The lowest BCUT2D eigenvalue weighted by Crippen LogP contribution is -2.36. The van der Waals surface area contributed by atoms with Crippen LogP contribution in [0, 0.1) is 6.92 Å². The largest absolute Gasteiger partial charge is 0.378 e. The van der Waals surface area contributed by atoms with E-state index < -0.39 is 0 Å². The lowest BCUT2D eigenvalue weighted by atomic mass is 10.2. The van der Waals surface area contributed by atoms with E-state index >= 15 is 0 Å². The highest BCUT2D eigenvalue weighted by molar-refractivity contribution is 5.90. The van der Waals surface area contributed by atoms with Crippen molar-refractivity contribution in [3.63, 3.8) is 0 Å². The van der Waals surface area contributed by atoms with Gasteiger partial charge in [0.05, 0.1) is 13.2 Å². The van der Waals surface area contributed by atoms with Gasteiger partial charge in [0.1, 0.15) is 6.54 Å². The quantitative estimate of drug-likeness (QED) is 0.732. The Morgan fingerprint density at radius 3 is 2.68 bits per heavy atom. The average Bonchev–Trinajstić information content (AvgIpc) is 3.17. The molecule has 1 saturated heterocycles. The van der Waals surface area contributed by atoms with Crippen LogP contribution in [0.5, 0.6) is 0 Å². The lowest BCUT2D eigenvalue weighted by Gasteiger charge is -2.28. The zero-order valence-corrected chi connectivity index (χ0v) is 15.7. The third-order valence-corrected chi connectivity index (χ3v) is 4.54. The summed E-state index contributed by atoms with van der Waals surface area (Å²) in [6.45, 7) is 5.27. The molecule has 0 saturated carbocycles. The molecule has 0 aliphatic carbocycles. The van der Waals surface area contributed by atoms with Crippen LogP contribution in [0.2, 0.25) is 0 Å². The number of ether oxygens (including phenoxy) is 1. The van der Waals surface area contributed by atoms with Gasteiger partial charge in [-0.1, -0.05) is 12.1 Å². The summed E-state index contributed by atoms with van der Waals surface area (Å²) < 4.78 is 5.39. The number of nitrogens with one attached hydrogen (secondary N) is 1. The fourth-order valence-corrected chi connectivity index (χ4v) is 3.12. The van der Waals surface area contributed by atoms with E-state index in [0.29, 0.717) is 5.82 Å². The second-order valence-corrected chi connectivity index (χ2v) is 6.71. The van der Waals surface area contributed by atoms with E-state index in [0.717, 1.165) is 48.8 Å². The predicted molar refractivity (Wildman–Crippen MR) is 106 cm³/mol. The first-order valence-corrected chi connectivity index (χ1v) is 9.25. The van der Waals surface area contributed by atoms with Crippen LogP contribution in [0.1, 0.15) is 5.56 Å². The molecule has 1 aliphatic heterocycles. The van der Waals surface area contributed by atoms with Crippen LogP contribution in [0.4, 0.5) is 11.4 Å². The molecule has 1 amide bonds. The standard InChI is InChI=1S/C20H22N6O2/c1-15-3-2-4-17(13-15)21-19(27)14-26-23-20(22-24-26)16-5-7-18(8-6-16)25-9-11-28-12-10-25/h2-8,13H,9-12,14H2,1H3,(H,21,27). The Balaban J connectivity index is 1.39. The minimum absolute atomic E-state index is 0.00675. The molecule has 0 radical (unpaired) electrons. The minimum Gasteiger partial charge on any atom is -0.378 e. The molecule has 2 aromatic carbocycles. The van der Waals surface area contributed by atoms with Crippen LogP contribution < -0.4 is 10.2 Å². The van der Waals surface area contributed by atoms with Gasteiger partial charge < -0.3 is 15.0 Å².